The number of benzene rings is 1. The molecule has 1 unspecified atom stereocenters. The van der Waals surface area contributed by atoms with Crippen molar-refractivity contribution < 1.29 is 14.3 Å². The Morgan fingerprint density at radius 3 is 2.48 bits per heavy atom. The lowest BCUT2D eigenvalue weighted by Crippen LogP contribution is -2.43. The molecule has 2 amide bonds. The van der Waals surface area contributed by atoms with E-state index < -0.39 is 0 Å². The smallest absolute Gasteiger partial charge is 0.253 e. The summed E-state index contributed by atoms with van der Waals surface area (Å²) in [5, 5.41) is 2.77. The molecule has 2 aliphatic rings. The van der Waals surface area contributed by atoms with Gasteiger partial charge in [-0.3, -0.25) is 9.59 Å². The van der Waals surface area contributed by atoms with Crippen LogP contribution in [0.25, 0.3) is 0 Å². The summed E-state index contributed by atoms with van der Waals surface area (Å²) >= 11 is 0. The molecular weight excluding hydrogens is 292 g/mol. The van der Waals surface area contributed by atoms with Crippen LogP contribution in [0.4, 0.5) is 0 Å². The van der Waals surface area contributed by atoms with E-state index in [1.807, 2.05) is 36.1 Å². The number of nitrogens with one attached hydrogen (secondary N) is 1. The third-order valence-corrected chi connectivity index (χ3v) is 5.29. The number of rotatable bonds is 2. The molecule has 5 heteroatoms. The predicted molar refractivity (Wildman–Crippen MR) is 87.1 cm³/mol. The van der Waals surface area contributed by atoms with E-state index in [9.17, 15) is 9.59 Å². The first-order valence-corrected chi connectivity index (χ1v) is 8.21. The maximum atomic E-state index is 12.8. The Morgan fingerprint density at radius 1 is 1.22 bits per heavy atom. The van der Waals surface area contributed by atoms with Gasteiger partial charge < -0.3 is 15.0 Å². The van der Waals surface area contributed by atoms with Gasteiger partial charge in [0.1, 0.15) is 0 Å². The van der Waals surface area contributed by atoms with Gasteiger partial charge in [0.05, 0.1) is 5.92 Å². The summed E-state index contributed by atoms with van der Waals surface area (Å²) in [6, 6.07) is 7.62. The average molecular weight is 316 g/mol. The topological polar surface area (TPSA) is 58.6 Å². The number of nitrogens with zero attached hydrogens (tertiary/aromatic N) is 1. The molecule has 0 saturated carbocycles. The molecule has 5 nitrogen and oxygen atoms in total. The molecule has 23 heavy (non-hydrogen) atoms. The van der Waals surface area contributed by atoms with E-state index >= 15 is 0 Å². The van der Waals surface area contributed by atoms with Crippen molar-refractivity contribution in [3.63, 3.8) is 0 Å². The third kappa shape index (κ3) is 2.98. The molecule has 1 atom stereocenters. The predicted octanol–water partition coefficient (Wildman–Crippen LogP) is 1.61. The van der Waals surface area contributed by atoms with Crippen LogP contribution in [0.15, 0.2) is 24.3 Å². The first kappa shape index (κ1) is 16.0. The highest BCUT2D eigenvalue weighted by Gasteiger charge is 2.51. The molecule has 1 spiro atoms. The molecule has 2 fully saturated rings. The van der Waals surface area contributed by atoms with E-state index in [2.05, 4.69) is 5.32 Å². The first-order valence-electron chi connectivity index (χ1n) is 8.21. The van der Waals surface area contributed by atoms with Crippen LogP contribution in [0.5, 0.6) is 0 Å². The summed E-state index contributed by atoms with van der Waals surface area (Å²) in [5.74, 6) is -0.0980. The molecule has 2 aliphatic heterocycles. The van der Waals surface area contributed by atoms with Crippen LogP contribution >= 0.6 is 0 Å². The molecule has 2 heterocycles. The quantitative estimate of drug-likeness (QED) is 0.902. The molecular formula is C18H24N2O3. The van der Waals surface area contributed by atoms with Gasteiger partial charge in [-0.1, -0.05) is 17.7 Å². The second kappa shape index (κ2) is 6.32. The lowest BCUT2D eigenvalue weighted by Gasteiger charge is -2.36. The zero-order chi connectivity index (χ0) is 16.4. The Morgan fingerprint density at radius 2 is 1.87 bits per heavy atom. The molecule has 0 aliphatic carbocycles. The van der Waals surface area contributed by atoms with Crippen molar-refractivity contribution >= 4 is 11.8 Å². The summed E-state index contributed by atoms with van der Waals surface area (Å²) in [5.41, 5.74) is 1.68. The van der Waals surface area contributed by atoms with E-state index in [0.717, 1.165) is 18.4 Å². The Kier molecular flexibility index (Phi) is 4.39. The Bertz CT molecular complexity index is 591. The van der Waals surface area contributed by atoms with Crippen LogP contribution in [0.3, 0.4) is 0 Å². The number of hydrogen-bond donors (Lipinski definition) is 1. The van der Waals surface area contributed by atoms with Crippen molar-refractivity contribution in [2.45, 2.75) is 19.8 Å². The fourth-order valence-electron chi connectivity index (χ4n) is 3.82. The summed E-state index contributed by atoms with van der Waals surface area (Å²) in [6.07, 6.45) is 1.67. The molecule has 3 rings (SSSR count). The fraction of sp³-hybridized carbons (Fsp3) is 0.556. The van der Waals surface area contributed by atoms with Gasteiger partial charge in [0.25, 0.3) is 5.91 Å². The van der Waals surface area contributed by atoms with E-state index in [1.165, 1.54) is 0 Å². The lowest BCUT2D eigenvalue weighted by molar-refractivity contribution is -0.129. The minimum atomic E-state index is -0.147. The van der Waals surface area contributed by atoms with E-state index in [4.69, 9.17) is 4.74 Å². The number of aryl methyl sites for hydroxylation is 1. The van der Waals surface area contributed by atoms with Crippen molar-refractivity contribution in [1.29, 1.82) is 0 Å². The molecule has 0 radical (unpaired) electrons. The molecule has 0 bridgehead atoms. The fourth-order valence-corrected chi connectivity index (χ4v) is 3.82. The highest BCUT2D eigenvalue weighted by molar-refractivity contribution is 5.95. The number of carbonyl (C=O) groups is 2. The van der Waals surface area contributed by atoms with Gasteiger partial charge in [0.2, 0.25) is 5.91 Å². The number of likely N-dealkylation sites (tertiary alicyclic amines) is 1. The van der Waals surface area contributed by atoms with Crippen LogP contribution in [0.2, 0.25) is 0 Å². The highest BCUT2D eigenvalue weighted by Crippen LogP contribution is 2.44. The van der Waals surface area contributed by atoms with E-state index in [-0.39, 0.29) is 23.1 Å². The van der Waals surface area contributed by atoms with Crippen LogP contribution in [0.1, 0.15) is 28.8 Å². The lowest BCUT2D eigenvalue weighted by atomic mass is 9.72. The van der Waals surface area contributed by atoms with Crippen LogP contribution in [-0.4, -0.2) is 50.1 Å². The molecule has 2 saturated heterocycles. The minimum absolute atomic E-state index is 0.0160. The number of carbonyl (C=O) groups excluding carboxylic acids is 2. The van der Waals surface area contributed by atoms with Gasteiger partial charge in [-0.2, -0.15) is 0 Å². The second-order valence-corrected chi connectivity index (χ2v) is 6.69. The SMILES string of the molecule is CNC(=O)C1CN(C(=O)c2ccc(C)cc2)CC12CCOCC2. The van der Waals surface area contributed by atoms with E-state index in [1.54, 1.807) is 7.05 Å². The average Bonchev–Trinajstić information content (AvgIpc) is 2.93. The van der Waals surface area contributed by atoms with Gasteiger partial charge in [-0.25, -0.2) is 0 Å². The zero-order valence-electron chi connectivity index (χ0n) is 13.8. The second-order valence-electron chi connectivity index (χ2n) is 6.69. The normalized spacial score (nSPS) is 23.0. The summed E-state index contributed by atoms with van der Waals surface area (Å²) in [7, 11) is 1.67. The molecule has 124 valence electrons. The van der Waals surface area contributed by atoms with Crippen LogP contribution < -0.4 is 5.32 Å². The summed E-state index contributed by atoms with van der Waals surface area (Å²) < 4.78 is 5.48. The Balaban J connectivity index is 1.83. The van der Waals surface area contributed by atoms with Crippen LogP contribution in [0, 0.1) is 18.3 Å². The van der Waals surface area contributed by atoms with Crippen molar-refractivity contribution in [2.75, 3.05) is 33.4 Å². The standard InChI is InChI=1S/C18H24N2O3/c1-13-3-5-14(6-4-13)17(22)20-11-15(16(21)19-2)18(12-20)7-9-23-10-8-18/h3-6,15H,7-12H2,1-2H3,(H,19,21). The minimum Gasteiger partial charge on any atom is -0.381 e. The molecule has 0 aromatic heterocycles. The van der Waals surface area contributed by atoms with Crippen molar-refractivity contribution in [1.82, 2.24) is 10.2 Å². The summed E-state index contributed by atoms with van der Waals surface area (Å²) in [6.45, 7) is 4.47. The first-order chi connectivity index (χ1) is 11.1. The molecule has 1 aromatic rings. The summed E-state index contributed by atoms with van der Waals surface area (Å²) in [4.78, 5) is 27.0. The monoisotopic (exact) mass is 316 g/mol. The molecule has 1 N–H and O–H groups in total. The van der Waals surface area contributed by atoms with Crippen molar-refractivity contribution in [3.05, 3.63) is 35.4 Å². The van der Waals surface area contributed by atoms with Gasteiger partial charge >= 0.3 is 0 Å². The maximum absolute atomic E-state index is 12.8. The highest BCUT2D eigenvalue weighted by atomic mass is 16.5. The Hall–Kier alpha value is -1.88. The largest absolute Gasteiger partial charge is 0.381 e. The third-order valence-electron chi connectivity index (χ3n) is 5.29. The van der Waals surface area contributed by atoms with E-state index in [0.29, 0.717) is 31.9 Å². The Labute approximate surface area is 137 Å². The number of amides is 2. The number of hydrogen-bond acceptors (Lipinski definition) is 3. The number of ether oxygens (including phenoxy) is 1. The van der Waals surface area contributed by atoms with Crippen molar-refractivity contribution in [2.24, 2.45) is 11.3 Å². The zero-order valence-corrected chi connectivity index (χ0v) is 13.8. The van der Waals surface area contributed by atoms with Gasteiger partial charge in [-0.05, 0) is 31.9 Å². The van der Waals surface area contributed by atoms with Crippen molar-refractivity contribution in [3.8, 4) is 0 Å². The molecule has 1 aromatic carbocycles. The maximum Gasteiger partial charge on any atom is 0.253 e. The van der Waals surface area contributed by atoms with Gasteiger partial charge in [0, 0.05) is 44.3 Å². The van der Waals surface area contributed by atoms with Crippen LogP contribution in [-0.2, 0) is 9.53 Å². The van der Waals surface area contributed by atoms with Gasteiger partial charge in [0.15, 0.2) is 0 Å². The van der Waals surface area contributed by atoms with Gasteiger partial charge in [-0.15, -0.1) is 0 Å².